The molecule has 28 heavy (non-hydrogen) atoms. The van der Waals surface area contributed by atoms with Gasteiger partial charge in [-0.05, 0) is 52.1 Å². The van der Waals surface area contributed by atoms with Crippen LogP contribution in [0.2, 0.25) is 0 Å². The van der Waals surface area contributed by atoms with Crippen molar-refractivity contribution < 1.29 is 14.4 Å². The van der Waals surface area contributed by atoms with E-state index in [9.17, 15) is 14.4 Å². The number of benzene rings is 1. The van der Waals surface area contributed by atoms with Crippen LogP contribution in [0.25, 0.3) is 0 Å². The van der Waals surface area contributed by atoms with Crippen LogP contribution in [0.15, 0.2) is 30.3 Å². The summed E-state index contributed by atoms with van der Waals surface area (Å²) in [5.41, 5.74) is 1.16. The molecule has 1 heterocycles. The topological polar surface area (TPSA) is 90.5 Å². The van der Waals surface area contributed by atoms with Gasteiger partial charge in [0.2, 0.25) is 17.7 Å². The molecule has 3 amide bonds. The van der Waals surface area contributed by atoms with Gasteiger partial charge in [-0.1, -0.05) is 30.3 Å². The quantitative estimate of drug-likeness (QED) is 0.616. The van der Waals surface area contributed by atoms with Gasteiger partial charge in [-0.2, -0.15) is 0 Å². The number of carbonyl (C=O) groups is 3. The molecule has 154 valence electrons. The van der Waals surface area contributed by atoms with Crippen molar-refractivity contribution in [2.24, 2.45) is 0 Å². The van der Waals surface area contributed by atoms with E-state index in [2.05, 4.69) is 16.0 Å². The zero-order chi connectivity index (χ0) is 20.5. The van der Waals surface area contributed by atoms with E-state index in [0.29, 0.717) is 19.5 Å². The molecule has 1 aromatic rings. The molecule has 7 heteroatoms. The molecule has 0 bridgehead atoms. The summed E-state index contributed by atoms with van der Waals surface area (Å²) in [6.07, 6.45) is 3.00. The normalized spacial score (nSPS) is 19.5. The molecule has 3 N–H and O–H groups in total. The maximum atomic E-state index is 12.9. The number of nitrogens with one attached hydrogen (secondary N) is 3. The number of hydrogen-bond donors (Lipinski definition) is 3. The third kappa shape index (κ3) is 6.05. The second-order valence-electron chi connectivity index (χ2n) is 7.30. The van der Waals surface area contributed by atoms with Crippen LogP contribution in [0.5, 0.6) is 0 Å². The first-order valence-corrected chi connectivity index (χ1v) is 10.0. The van der Waals surface area contributed by atoms with Crippen molar-refractivity contribution in [3.63, 3.8) is 0 Å². The number of likely N-dealkylation sites (tertiary alicyclic amines) is 1. The van der Waals surface area contributed by atoms with Crippen LogP contribution in [-0.4, -0.2) is 60.9 Å². The summed E-state index contributed by atoms with van der Waals surface area (Å²) >= 11 is 0. The summed E-state index contributed by atoms with van der Waals surface area (Å²) in [5, 5.41) is 8.62. The molecular weight excluding hydrogens is 356 g/mol. The summed E-state index contributed by atoms with van der Waals surface area (Å²) in [5.74, 6) is -0.553. The van der Waals surface area contributed by atoms with Crippen molar-refractivity contribution in [2.45, 2.75) is 57.7 Å². The lowest BCUT2D eigenvalue weighted by Gasteiger charge is -2.30. The maximum Gasteiger partial charge on any atom is 0.245 e. The fourth-order valence-electron chi connectivity index (χ4n) is 3.27. The smallest absolute Gasteiger partial charge is 0.245 e. The molecule has 3 atom stereocenters. The second-order valence-corrected chi connectivity index (χ2v) is 7.30. The van der Waals surface area contributed by atoms with Crippen LogP contribution in [0.1, 0.15) is 38.7 Å². The summed E-state index contributed by atoms with van der Waals surface area (Å²) in [7, 11) is 1.70. The van der Waals surface area contributed by atoms with Crippen molar-refractivity contribution in [3.05, 3.63) is 35.9 Å². The van der Waals surface area contributed by atoms with Gasteiger partial charge >= 0.3 is 0 Å². The summed E-state index contributed by atoms with van der Waals surface area (Å²) < 4.78 is 0. The molecule has 0 radical (unpaired) electrons. The Morgan fingerprint density at radius 1 is 1.14 bits per heavy atom. The molecule has 0 spiro atoms. The lowest BCUT2D eigenvalue weighted by atomic mass is 10.1. The van der Waals surface area contributed by atoms with Crippen LogP contribution < -0.4 is 16.0 Å². The Balaban J connectivity index is 1.92. The van der Waals surface area contributed by atoms with E-state index in [1.807, 2.05) is 30.3 Å². The molecule has 2 rings (SSSR count). The first kappa shape index (κ1) is 21.9. The van der Waals surface area contributed by atoms with Gasteiger partial charge in [0, 0.05) is 13.1 Å². The summed E-state index contributed by atoms with van der Waals surface area (Å²) in [6, 6.07) is 8.43. The van der Waals surface area contributed by atoms with E-state index in [1.165, 1.54) is 0 Å². The molecule has 7 nitrogen and oxygen atoms in total. The predicted molar refractivity (Wildman–Crippen MR) is 109 cm³/mol. The first-order chi connectivity index (χ1) is 13.4. The number of amides is 3. The average Bonchev–Trinajstić information content (AvgIpc) is 2.89. The lowest BCUT2D eigenvalue weighted by molar-refractivity contribution is -0.142. The highest BCUT2D eigenvalue weighted by Crippen LogP contribution is 2.15. The van der Waals surface area contributed by atoms with Gasteiger partial charge in [-0.15, -0.1) is 0 Å². The van der Waals surface area contributed by atoms with Gasteiger partial charge in [0.25, 0.3) is 0 Å². The van der Waals surface area contributed by atoms with E-state index in [0.717, 1.165) is 24.8 Å². The van der Waals surface area contributed by atoms with Crippen LogP contribution in [0, 0.1) is 0 Å². The minimum Gasteiger partial charge on any atom is -0.354 e. The number of hydrogen-bond acceptors (Lipinski definition) is 4. The third-order valence-electron chi connectivity index (χ3n) is 5.27. The van der Waals surface area contributed by atoms with Crippen molar-refractivity contribution in [1.82, 2.24) is 20.9 Å². The highest BCUT2D eigenvalue weighted by Gasteiger charge is 2.33. The zero-order valence-electron chi connectivity index (χ0n) is 17.0. The third-order valence-corrected chi connectivity index (χ3v) is 5.27. The highest BCUT2D eigenvalue weighted by molar-refractivity contribution is 5.93. The van der Waals surface area contributed by atoms with Crippen LogP contribution >= 0.6 is 0 Å². The number of likely N-dealkylation sites (N-methyl/N-ethyl adjacent to an activating group) is 1. The molecule has 1 aliphatic heterocycles. The zero-order valence-corrected chi connectivity index (χ0v) is 17.0. The van der Waals surface area contributed by atoms with E-state index in [4.69, 9.17) is 0 Å². The van der Waals surface area contributed by atoms with E-state index < -0.39 is 12.1 Å². The van der Waals surface area contributed by atoms with E-state index in [1.54, 1.807) is 25.8 Å². The largest absolute Gasteiger partial charge is 0.354 e. The van der Waals surface area contributed by atoms with Crippen LogP contribution in [0.4, 0.5) is 0 Å². The Bertz CT molecular complexity index is 665. The van der Waals surface area contributed by atoms with Crippen molar-refractivity contribution in [2.75, 3.05) is 20.1 Å². The molecule has 1 unspecified atom stereocenters. The molecule has 1 fully saturated rings. The van der Waals surface area contributed by atoms with Crippen LogP contribution in [-0.2, 0) is 20.8 Å². The Morgan fingerprint density at radius 3 is 2.54 bits per heavy atom. The van der Waals surface area contributed by atoms with Gasteiger partial charge in [0.15, 0.2) is 0 Å². The number of carbonyl (C=O) groups excluding carboxylic acids is 3. The average molecular weight is 389 g/mol. The molecule has 1 aromatic carbocycles. The standard InChI is InChI=1S/C21H32N4O3/c1-15(22-3)19(26)24-18-11-7-8-14-25(21(18)28)16(2)20(27)23-13-12-17-9-5-4-6-10-17/h4-6,9-10,15-16,18,22H,7-8,11-14H2,1-3H3,(H,23,27)(H,24,26)/t15-,16?,18-/m0/s1. The van der Waals surface area contributed by atoms with Crippen molar-refractivity contribution in [1.29, 1.82) is 0 Å². The number of nitrogens with zero attached hydrogens (tertiary/aromatic N) is 1. The van der Waals surface area contributed by atoms with Gasteiger partial charge < -0.3 is 20.9 Å². The van der Waals surface area contributed by atoms with Crippen molar-refractivity contribution in [3.8, 4) is 0 Å². The van der Waals surface area contributed by atoms with Gasteiger partial charge in [-0.25, -0.2) is 0 Å². The Labute approximate surface area is 167 Å². The molecule has 0 aliphatic carbocycles. The van der Waals surface area contributed by atoms with Gasteiger partial charge in [0.05, 0.1) is 6.04 Å². The monoisotopic (exact) mass is 388 g/mol. The lowest BCUT2D eigenvalue weighted by Crippen LogP contribution is -2.55. The molecule has 0 saturated carbocycles. The molecule has 1 aliphatic rings. The maximum absolute atomic E-state index is 12.9. The second kappa shape index (κ2) is 10.8. The summed E-state index contributed by atoms with van der Waals surface area (Å²) in [6.45, 7) is 4.54. The fraction of sp³-hybridized carbons (Fsp3) is 0.571. The Morgan fingerprint density at radius 2 is 1.86 bits per heavy atom. The molecular formula is C21H32N4O3. The highest BCUT2D eigenvalue weighted by atomic mass is 16.2. The SMILES string of the molecule is CN[C@@H](C)C(=O)N[C@H]1CCCCN(C(C)C(=O)NCCc2ccccc2)C1=O. The molecule has 0 aromatic heterocycles. The summed E-state index contributed by atoms with van der Waals surface area (Å²) in [4.78, 5) is 39.3. The minimum absolute atomic E-state index is 0.167. The van der Waals surface area contributed by atoms with Gasteiger partial charge in [0.1, 0.15) is 12.1 Å². The van der Waals surface area contributed by atoms with Gasteiger partial charge in [-0.3, -0.25) is 14.4 Å². The Kier molecular flexibility index (Phi) is 8.44. The van der Waals surface area contributed by atoms with Crippen LogP contribution in [0.3, 0.4) is 0 Å². The fourth-order valence-corrected chi connectivity index (χ4v) is 3.27. The number of rotatable bonds is 8. The minimum atomic E-state index is -0.578. The van der Waals surface area contributed by atoms with E-state index >= 15 is 0 Å². The molecule has 1 saturated heterocycles. The van der Waals surface area contributed by atoms with E-state index in [-0.39, 0.29) is 23.8 Å². The predicted octanol–water partition coefficient (Wildman–Crippen LogP) is 0.839. The van der Waals surface area contributed by atoms with Crippen molar-refractivity contribution >= 4 is 17.7 Å². The first-order valence-electron chi connectivity index (χ1n) is 10.0. The Hall–Kier alpha value is -2.41.